The van der Waals surface area contributed by atoms with Gasteiger partial charge in [0.2, 0.25) is 11.7 Å². The van der Waals surface area contributed by atoms with E-state index in [0.29, 0.717) is 18.8 Å². The molecule has 1 heterocycles. The SMILES string of the molecule is CCN(CC(=O)N(C)C)C(C)c1ccc(C(=O)OC)o1. The molecule has 0 aliphatic rings. The average Bonchev–Trinajstić information content (AvgIpc) is 2.92. The predicted octanol–water partition coefficient (Wildman–Crippen LogP) is 1.54. The van der Waals surface area contributed by atoms with Gasteiger partial charge in [0.1, 0.15) is 5.76 Å². The van der Waals surface area contributed by atoms with E-state index >= 15 is 0 Å². The largest absolute Gasteiger partial charge is 0.463 e. The van der Waals surface area contributed by atoms with Crippen molar-refractivity contribution < 1.29 is 18.7 Å². The van der Waals surface area contributed by atoms with Crippen molar-refractivity contribution in [3.8, 4) is 0 Å². The molecule has 0 saturated carbocycles. The molecule has 6 nitrogen and oxygen atoms in total. The fourth-order valence-electron chi connectivity index (χ4n) is 1.81. The summed E-state index contributed by atoms with van der Waals surface area (Å²) in [7, 11) is 4.76. The second-order valence-electron chi connectivity index (χ2n) is 4.72. The molecular formula is C14H22N2O4. The molecule has 20 heavy (non-hydrogen) atoms. The van der Waals surface area contributed by atoms with Gasteiger partial charge in [-0.3, -0.25) is 9.69 Å². The number of rotatable bonds is 6. The maximum atomic E-state index is 11.8. The molecule has 112 valence electrons. The smallest absolute Gasteiger partial charge is 0.373 e. The van der Waals surface area contributed by atoms with Crippen molar-refractivity contribution in [3.05, 3.63) is 23.7 Å². The Balaban J connectivity index is 2.80. The number of likely N-dealkylation sites (N-methyl/N-ethyl adjacent to an activating group) is 2. The zero-order valence-electron chi connectivity index (χ0n) is 12.7. The molecule has 0 radical (unpaired) electrons. The van der Waals surface area contributed by atoms with Crippen LogP contribution in [0, 0.1) is 0 Å². The van der Waals surface area contributed by atoms with Crippen LogP contribution >= 0.6 is 0 Å². The second-order valence-corrected chi connectivity index (χ2v) is 4.72. The van der Waals surface area contributed by atoms with E-state index in [1.807, 2.05) is 18.7 Å². The van der Waals surface area contributed by atoms with Gasteiger partial charge in [0.05, 0.1) is 19.7 Å². The molecule has 0 bridgehead atoms. The van der Waals surface area contributed by atoms with Crippen molar-refractivity contribution in [1.82, 2.24) is 9.80 Å². The third-order valence-corrected chi connectivity index (χ3v) is 3.22. The highest BCUT2D eigenvalue weighted by atomic mass is 16.5. The summed E-state index contributed by atoms with van der Waals surface area (Å²) in [6.45, 7) is 4.92. The van der Waals surface area contributed by atoms with Gasteiger partial charge in [-0.1, -0.05) is 6.92 Å². The van der Waals surface area contributed by atoms with Gasteiger partial charge in [-0.25, -0.2) is 4.79 Å². The monoisotopic (exact) mass is 282 g/mol. The Labute approximate surface area is 119 Å². The summed E-state index contributed by atoms with van der Waals surface area (Å²) in [5.41, 5.74) is 0. The molecular weight excluding hydrogens is 260 g/mol. The Hall–Kier alpha value is -1.82. The summed E-state index contributed by atoms with van der Waals surface area (Å²) in [4.78, 5) is 26.7. The normalized spacial score (nSPS) is 12.3. The first-order valence-corrected chi connectivity index (χ1v) is 6.52. The molecule has 1 amide bonds. The van der Waals surface area contributed by atoms with Crippen LogP contribution in [-0.4, -0.2) is 56.0 Å². The van der Waals surface area contributed by atoms with Gasteiger partial charge < -0.3 is 14.1 Å². The first kappa shape index (κ1) is 16.2. The van der Waals surface area contributed by atoms with Crippen LogP contribution in [0.1, 0.15) is 36.2 Å². The first-order valence-electron chi connectivity index (χ1n) is 6.52. The van der Waals surface area contributed by atoms with Crippen LogP contribution in [0.4, 0.5) is 0 Å². The lowest BCUT2D eigenvalue weighted by molar-refractivity contribution is -0.130. The average molecular weight is 282 g/mol. The number of hydrogen-bond donors (Lipinski definition) is 0. The first-order chi connectivity index (χ1) is 9.40. The number of methoxy groups -OCH3 is 1. The fourth-order valence-corrected chi connectivity index (χ4v) is 1.81. The molecule has 1 aromatic heterocycles. The number of carbonyl (C=O) groups excluding carboxylic acids is 2. The van der Waals surface area contributed by atoms with Gasteiger partial charge in [-0.15, -0.1) is 0 Å². The maximum Gasteiger partial charge on any atom is 0.373 e. The van der Waals surface area contributed by atoms with Crippen molar-refractivity contribution in [1.29, 1.82) is 0 Å². The van der Waals surface area contributed by atoms with Crippen molar-refractivity contribution in [2.45, 2.75) is 19.9 Å². The quantitative estimate of drug-likeness (QED) is 0.741. The highest BCUT2D eigenvalue weighted by Crippen LogP contribution is 2.22. The van der Waals surface area contributed by atoms with Crippen LogP contribution in [0.15, 0.2) is 16.5 Å². The van der Waals surface area contributed by atoms with E-state index in [0.717, 1.165) is 0 Å². The van der Waals surface area contributed by atoms with E-state index in [9.17, 15) is 9.59 Å². The molecule has 0 aliphatic carbocycles. The lowest BCUT2D eigenvalue weighted by atomic mass is 10.2. The summed E-state index contributed by atoms with van der Waals surface area (Å²) in [6, 6.07) is 3.22. The van der Waals surface area contributed by atoms with Gasteiger partial charge in [-0.05, 0) is 25.6 Å². The van der Waals surface area contributed by atoms with E-state index in [-0.39, 0.29) is 17.7 Å². The third kappa shape index (κ3) is 3.84. The van der Waals surface area contributed by atoms with Gasteiger partial charge in [-0.2, -0.15) is 0 Å². The molecule has 1 unspecified atom stereocenters. The number of ether oxygens (including phenoxy) is 1. The highest BCUT2D eigenvalue weighted by Gasteiger charge is 2.22. The van der Waals surface area contributed by atoms with E-state index in [1.54, 1.807) is 31.1 Å². The predicted molar refractivity (Wildman–Crippen MR) is 74.4 cm³/mol. The van der Waals surface area contributed by atoms with E-state index in [2.05, 4.69) is 4.74 Å². The van der Waals surface area contributed by atoms with Gasteiger partial charge in [0.25, 0.3) is 0 Å². The van der Waals surface area contributed by atoms with Crippen LogP contribution in [0.2, 0.25) is 0 Å². The maximum absolute atomic E-state index is 11.8. The Bertz CT molecular complexity index is 467. The van der Waals surface area contributed by atoms with Crippen LogP contribution in [0.5, 0.6) is 0 Å². The molecule has 0 aromatic carbocycles. The highest BCUT2D eigenvalue weighted by molar-refractivity contribution is 5.86. The Morgan fingerprint density at radius 1 is 1.35 bits per heavy atom. The lowest BCUT2D eigenvalue weighted by Crippen LogP contribution is -2.37. The van der Waals surface area contributed by atoms with Crippen LogP contribution < -0.4 is 0 Å². The minimum absolute atomic E-state index is 0.0263. The minimum atomic E-state index is -0.504. The zero-order chi connectivity index (χ0) is 15.3. The number of esters is 1. The number of hydrogen-bond acceptors (Lipinski definition) is 5. The van der Waals surface area contributed by atoms with Crippen molar-refractivity contribution in [2.24, 2.45) is 0 Å². The summed E-state index contributed by atoms with van der Waals surface area (Å²) in [5.74, 6) is 0.331. The van der Waals surface area contributed by atoms with E-state index in [1.165, 1.54) is 7.11 Å². The molecule has 0 N–H and O–H groups in total. The topological polar surface area (TPSA) is 63.0 Å². The molecule has 1 rings (SSSR count). The number of nitrogens with zero attached hydrogens (tertiary/aromatic N) is 2. The van der Waals surface area contributed by atoms with Crippen molar-refractivity contribution in [3.63, 3.8) is 0 Å². The van der Waals surface area contributed by atoms with Crippen LogP contribution in [0.3, 0.4) is 0 Å². The number of amides is 1. The molecule has 1 atom stereocenters. The molecule has 0 saturated heterocycles. The van der Waals surface area contributed by atoms with Gasteiger partial charge in [0, 0.05) is 14.1 Å². The van der Waals surface area contributed by atoms with Crippen LogP contribution in [0.25, 0.3) is 0 Å². The lowest BCUT2D eigenvalue weighted by Gasteiger charge is -2.26. The standard InChI is InChI=1S/C14H22N2O4/c1-6-16(9-13(17)15(3)4)10(2)11-7-8-12(20-11)14(18)19-5/h7-8,10H,6,9H2,1-5H3. The molecule has 0 aliphatic heterocycles. The van der Waals surface area contributed by atoms with Gasteiger partial charge >= 0.3 is 5.97 Å². The fraction of sp³-hybridized carbons (Fsp3) is 0.571. The summed E-state index contributed by atoms with van der Waals surface area (Å²) in [6.07, 6.45) is 0. The molecule has 6 heteroatoms. The Morgan fingerprint density at radius 2 is 2.00 bits per heavy atom. The Morgan fingerprint density at radius 3 is 2.50 bits per heavy atom. The summed E-state index contributed by atoms with van der Waals surface area (Å²) >= 11 is 0. The molecule has 0 spiro atoms. The molecule has 0 fully saturated rings. The van der Waals surface area contributed by atoms with E-state index < -0.39 is 5.97 Å². The second kappa shape index (κ2) is 7.09. The number of carbonyl (C=O) groups is 2. The molecule has 1 aromatic rings. The summed E-state index contributed by atoms with van der Waals surface area (Å²) < 4.78 is 10.1. The minimum Gasteiger partial charge on any atom is -0.463 e. The Kier molecular flexibility index (Phi) is 5.76. The third-order valence-electron chi connectivity index (χ3n) is 3.22. The zero-order valence-corrected chi connectivity index (χ0v) is 12.7. The van der Waals surface area contributed by atoms with Crippen molar-refractivity contribution >= 4 is 11.9 Å². The van der Waals surface area contributed by atoms with E-state index in [4.69, 9.17) is 4.42 Å². The number of furan rings is 1. The van der Waals surface area contributed by atoms with Crippen LogP contribution in [-0.2, 0) is 9.53 Å². The van der Waals surface area contributed by atoms with Crippen molar-refractivity contribution in [2.75, 3.05) is 34.3 Å². The van der Waals surface area contributed by atoms with Gasteiger partial charge in [0.15, 0.2) is 0 Å². The summed E-state index contributed by atoms with van der Waals surface area (Å²) in [5, 5.41) is 0.